The molecular formula is C18H29NO3. The Morgan fingerprint density at radius 2 is 1.82 bits per heavy atom. The van der Waals surface area contributed by atoms with E-state index in [0.717, 1.165) is 30.9 Å². The standard InChI is InChI=1S/C18H29NO3/c1-3-21-17-10-9-14(11-18(17)22-4-2)12-19-16-8-6-5-7-15(16)13-20/h9-11,15-16,19-20H,3-8,12-13H2,1-2H3. The Kier molecular flexibility index (Phi) is 7.00. The van der Waals surface area contributed by atoms with Crippen molar-refractivity contribution in [2.75, 3.05) is 19.8 Å². The highest BCUT2D eigenvalue weighted by molar-refractivity contribution is 5.43. The van der Waals surface area contributed by atoms with Gasteiger partial charge in [-0.3, -0.25) is 0 Å². The lowest BCUT2D eigenvalue weighted by atomic mass is 9.85. The van der Waals surface area contributed by atoms with Crippen LogP contribution in [0, 0.1) is 5.92 Å². The molecule has 0 heterocycles. The van der Waals surface area contributed by atoms with E-state index in [4.69, 9.17) is 9.47 Å². The predicted octanol–water partition coefficient (Wildman–Crippen LogP) is 3.12. The summed E-state index contributed by atoms with van der Waals surface area (Å²) in [7, 11) is 0. The maximum Gasteiger partial charge on any atom is 0.161 e. The summed E-state index contributed by atoms with van der Waals surface area (Å²) in [5.41, 5.74) is 1.19. The molecule has 0 radical (unpaired) electrons. The largest absolute Gasteiger partial charge is 0.490 e. The lowest BCUT2D eigenvalue weighted by Crippen LogP contribution is -2.39. The van der Waals surface area contributed by atoms with E-state index < -0.39 is 0 Å². The van der Waals surface area contributed by atoms with Gasteiger partial charge in [-0.25, -0.2) is 0 Å². The SMILES string of the molecule is CCOc1ccc(CNC2CCCCC2CO)cc1OCC. The van der Waals surface area contributed by atoms with Gasteiger partial charge in [0.25, 0.3) is 0 Å². The van der Waals surface area contributed by atoms with Crippen LogP contribution >= 0.6 is 0 Å². The van der Waals surface area contributed by atoms with Gasteiger partial charge in [-0.1, -0.05) is 18.9 Å². The molecule has 1 fully saturated rings. The first-order valence-corrected chi connectivity index (χ1v) is 8.51. The van der Waals surface area contributed by atoms with Gasteiger partial charge in [0.15, 0.2) is 11.5 Å². The molecule has 4 nitrogen and oxygen atoms in total. The van der Waals surface area contributed by atoms with Crippen molar-refractivity contribution in [3.8, 4) is 11.5 Å². The number of hydrogen-bond acceptors (Lipinski definition) is 4. The second-order valence-corrected chi connectivity index (χ2v) is 5.86. The summed E-state index contributed by atoms with van der Waals surface area (Å²) in [5.74, 6) is 2.01. The van der Waals surface area contributed by atoms with Crippen molar-refractivity contribution in [2.24, 2.45) is 5.92 Å². The lowest BCUT2D eigenvalue weighted by Gasteiger charge is -2.31. The molecule has 1 aromatic carbocycles. The van der Waals surface area contributed by atoms with Gasteiger partial charge in [-0.05, 0) is 50.3 Å². The van der Waals surface area contributed by atoms with E-state index in [2.05, 4.69) is 17.4 Å². The summed E-state index contributed by atoms with van der Waals surface area (Å²) in [6, 6.07) is 6.53. The number of rotatable bonds is 8. The van der Waals surface area contributed by atoms with Crippen molar-refractivity contribution in [2.45, 2.75) is 52.1 Å². The van der Waals surface area contributed by atoms with E-state index in [9.17, 15) is 5.11 Å². The van der Waals surface area contributed by atoms with Crippen LogP contribution in [-0.4, -0.2) is 31.0 Å². The van der Waals surface area contributed by atoms with Crippen molar-refractivity contribution in [3.63, 3.8) is 0 Å². The molecule has 22 heavy (non-hydrogen) atoms. The van der Waals surface area contributed by atoms with E-state index in [-0.39, 0.29) is 6.61 Å². The smallest absolute Gasteiger partial charge is 0.161 e. The molecule has 1 aromatic rings. The van der Waals surface area contributed by atoms with E-state index in [0.29, 0.717) is 25.2 Å². The molecule has 0 spiro atoms. The topological polar surface area (TPSA) is 50.7 Å². The number of aliphatic hydroxyl groups excluding tert-OH is 1. The van der Waals surface area contributed by atoms with Gasteiger partial charge < -0.3 is 19.9 Å². The third-order valence-corrected chi connectivity index (χ3v) is 4.32. The second kappa shape index (κ2) is 9.01. The minimum Gasteiger partial charge on any atom is -0.490 e. The van der Waals surface area contributed by atoms with Gasteiger partial charge in [0.1, 0.15) is 0 Å². The number of ether oxygens (including phenoxy) is 2. The molecule has 0 aliphatic heterocycles. The highest BCUT2D eigenvalue weighted by atomic mass is 16.5. The highest BCUT2D eigenvalue weighted by Gasteiger charge is 2.23. The van der Waals surface area contributed by atoms with Crippen LogP contribution in [0.25, 0.3) is 0 Å². The molecule has 1 aliphatic carbocycles. The molecule has 4 heteroatoms. The highest BCUT2D eigenvalue weighted by Crippen LogP contribution is 2.29. The first-order chi connectivity index (χ1) is 10.8. The summed E-state index contributed by atoms with van der Waals surface area (Å²) in [6.07, 6.45) is 4.77. The van der Waals surface area contributed by atoms with Crippen LogP contribution in [0.5, 0.6) is 11.5 Å². The third-order valence-electron chi connectivity index (χ3n) is 4.32. The quantitative estimate of drug-likeness (QED) is 0.775. The van der Waals surface area contributed by atoms with Crippen LogP contribution < -0.4 is 14.8 Å². The normalized spacial score (nSPS) is 21.6. The van der Waals surface area contributed by atoms with E-state index in [1.807, 2.05) is 19.9 Å². The summed E-state index contributed by atoms with van der Waals surface area (Å²) in [4.78, 5) is 0. The van der Waals surface area contributed by atoms with Crippen molar-refractivity contribution >= 4 is 0 Å². The Hall–Kier alpha value is -1.26. The van der Waals surface area contributed by atoms with Gasteiger partial charge in [-0.2, -0.15) is 0 Å². The fourth-order valence-corrected chi connectivity index (χ4v) is 3.15. The minimum absolute atomic E-state index is 0.283. The molecule has 0 amide bonds. The molecule has 2 atom stereocenters. The summed E-state index contributed by atoms with van der Waals surface area (Å²) >= 11 is 0. The molecule has 2 N–H and O–H groups in total. The van der Waals surface area contributed by atoms with E-state index in [1.54, 1.807) is 0 Å². The Bertz CT molecular complexity index is 450. The maximum atomic E-state index is 9.49. The van der Waals surface area contributed by atoms with E-state index in [1.165, 1.54) is 18.4 Å². The number of benzene rings is 1. The zero-order valence-corrected chi connectivity index (χ0v) is 13.8. The fourth-order valence-electron chi connectivity index (χ4n) is 3.15. The summed E-state index contributed by atoms with van der Waals surface area (Å²) < 4.78 is 11.3. The van der Waals surface area contributed by atoms with Gasteiger partial charge in [0.05, 0.1) is 13.2 Å². The first kappa shape index (κ1) is 17.1. The summed E-state index contributed by atoms with van der Waals surface area (Å²) in [6.45, 7) is 6.31. The maximum absolute atomic E-state index is 9.49. The third kappa shape index (κ3) is 4.62. The molecule has 124 valence electrons. The van der Waals surface area contributed by atoms with Crippen molar-refractivity contribution in [1.82, 2.24) is 5.32 Å². The van der Waals surface area contributed by atoms with Crippen molar-refractivity contribution in [3.05, 3.63) is 23.8 Å². The minimum atomic E-state index is 0.283. The summed E-state index contributed by atoms with van der Waals surface area (Å²) in [5, 5.41) is 13.1. The molecular weight excluding hydrogens is 278 g/mol. The lowest BCUT2D eigenvalue weighted by molar-refractivity contribution is 0.152. The number of aliphatic hydroxyl groups is 1. The Morgan fingerprint density at radius 3 is 2.55 bits per heavy atom. The molecule has 2 unspecified atom stereocenters. The predicted molar refractivity (Wildman–Crippen MR) is 88.5 cm³/mol. The van der Waals surface area contributed by atoms with Gasteiger partial charge >= 0.3 is 0 Å². The first-order valence-electron chi connectivity index (χ1n) is 8.51. The van der Waals surface area contributed by atoms with Crippen LogP contribution in [0.3, 0.4) is 0 Å². The van der Waals surface area contributed by atoms with Gasteiger partial charge in [0, 0.05) is 19.2 Å². The van der Waals surface area contributed by atoms with Crippen LogP contribution in [0.1, 0.15) is 45.1 Å². The zero-order chi connectivity index (χ0) is 15.8. The average molecular weight is 307 g/mol. The Balaban J connectivity index is 1.98. The van der Waals surface area contributed by atoms with Crippen LogP contribution in [0.4, 0.5) is 0 Å². The average Bonchev–Trinajstić information content (AvgIpc) is 2.55. The van der Waals surface area contributed by atoms with Gasteiger partial charge in [-0.15, -0.1) is 0 Å². The van der Waals surface area contributed by atoms with Crippen LogP contribution in [0.2, 0.25) is 0 Å². The van der Waals surface area contributed by atoms with Crippen molar-refractivity contribution < 1.29 is 14.6 Å². The molecule has 0 saturated heterocycles. The monoisotopic (exact) mass is 307 g/mol. The Labute approximate surface area is 133 Å². The fraction of sp³-hybridized carbons (Fsp3) is 0.667. The van der Waals surface area contributed by atoms with E-state index >= 15 is 0 Å². The molecule has 0 aromatic heterocycles. The molecule has 0 bridgehead atoms. The zero-order valence-electron chi connectivity index (χ0n) is 13.8. The second-order valence-electron chi connectivity index (χ2n) is 5.86. The van der Waals surface area contributed by atoms with Crippen LogP contribution in [-0.2, 0) is 6.54 Å². The molecule has 1 saturated carbocycles. The van der Waals surface area contributed by atoms with Gasteiger partial charge in [0.2, 0.25) is 0 Å². The number of nitrogens with one attached hydrogen (secondary N) is 1. The molecule has 2 rings (SSSR count). The van der Waals surface area contributed by atoms with Crippen molar-refractivity contribution in [1.29, 1.82) is 0 Å². The molecule has 1 aliphatic rings. The number of hydrogen-bond donors (Lipinski definition) is 2. The van der Waals surface area contributed by atoms with Crippen LogP contribution in [0.15, 0.2) is 18.2 Å². The Morgan fingerprint density at radius 1 is 1.09 bits per heavy atom.